The molecule has 0 spiro atoms. The van der Waals surface area contributed by atoms with Crippen LogP contribution in [0.3, 0.4) is 0 Å². The molecule has 5 nitrogen and oxygen atoms in total. The van der Waals surface area contributed by atoms with Gasteiger partial charge in [0.05, 0.1) is 5.75 Å². The lowest BCUT2D eigenvalue weighted by molar-refractivity contribution is -0.137. The van der Waals surface area contributed by atoms with Crippen molar-refractivity contribution in [3.05, 3.63) is 22.1 Å². The number of nitrogens with zero attached hydrogens (tertiary/aromatic N) is 1. The Bertz CT molecular complexity index is 756. The highest BCUT2D eigenvalue weighted by Crippen LogP contribution is 2.66. The van der Waals surface area contributed by atoms with Crippen molar-refractivity contribution in [2.45, 2.75) is 70.0 Å². The van der Waals surface area contributed by atoms with Gasteiger partial charge in [-0.15, -0.1) is 0 Å². The maximum Gasteiger partial charge on any atom is 0.251 e. The van der Waals surface area contributed by atoms with E-state index in [9.17, 15) is 9.59 Å². The zero-order valence-corrected chi connectivity index (χ0v) is 16.1. The van der Waals surface area contributed by atoms with E-state index < -0.39 is 0 Å². The minimum Gasteiger partial charge on any atom is -0.350 e. The molecule has 0 aromatic carbocycles. The molecule has 4 fully saturated rings. The summed E-state index contributed by atoms with van der Waals surface area (Å²) in [6.45, 7) is 6.61. The number of carbonyl (C=O) groups excluding carboxylic acids is 1. The quantitative estimate of drug-likeness (QED) is 0.638. The molecule has 4 aliphatic carbocycles. The third-order valence-electron chi connectivity index (χ3n) is 6.22. The molecular formula is C19H27N3O2S. The molecule has 0 saturated heterocycles. The number of thioether (sulfide) groups is 1. The molecule has 2 atom stereocenters. The van der Waals surface area contributed by atoms with E-state index in [2.05, 4.69) is 29.1 Å². The third kappa shape index (κ3) is 3.37. The van der Waals surface area contributed by atoms with Crippen LogP contribution in [0.25, 0.3) is 0 Å². The number of nitrogens with one attached hydrogen (secondary N) is 2. The Morgan fingerprint density at radius 2 is 1.96 bits per heavy atom. The molecule has 1 aromatic rings. The lowest BCUT2D eigenvalue weighted by Gasteiger charge is -2.65. The number of aromatic nitrogens is 2. The van der Waals surface area contributed by atoms with Crippen molar-refractivity contribution in [1.82, 2.24) is 15.3 Å². The number of hydrogen-bond donors (Lipinski definition) is 2. The molecule has 4 aliphatic rings. The van der Waals surface area contributed by atoms with Crippen molar-refractivity contribution in [1.29, 1.82) is 0 Å². The molecule has 0 radical (unpaired) electrons. The highest BCUT2D eigenvalue weighted by Gasteiger charge is 2.60. The van der Waals surface area contributed by atoms with Crippen LogP contribution in [0.2, 0.25) is 0 Å². The second kappa shape index (κ2) is 5.60. The number of hydrogen-bond acceptors (Lipinski definition) is 4. The summed E-state index contributed by atoms with van der Waals surface area (Å²) in [6, 6.07) is 1.46. The maximum atomic E-state index is 12.6. The number of rotatable bonds is 4. The van der Waals surface area contributed by atoms with Gasteiger partial charge in [-0.2, -0.15) is 0 Å². The van der Waals surface area contributed by atoms with Crippen molar-refractivity contribution in [3.8, 4) is 0 Å². The van der Waals surface area contributed by atoms with Gasteiger partial charge in [0.25, 0.3) is 5.56 Å². The minimum absolute atomic E-state index is 0.0198. The third-order valence-corrected chi connectivity index (χ3v) is 7.09. The molecule has 4 bridgehead atoms. The number of aromatic amines is 1. The van der Waals surface area contributed by atoms with Crippen LogP contribution in [0, 0.1) is 23.7 Å². The van der Waals surface area contributed by atoms with Gasteiger partial charge in [-0.25, -0.2) is 4.98 Å². The molecule has 1 aromatic heterocycles. The summed E-state index contributed by atoms with van der Waals surface area (Å²) in [5.74, 6) is 1.11. The van der Waals surface area contributed by atoms with E-state index in [-0.39, 0.29) is 17.0 Å². The summed E-state index contributed by atoms with van der Waals surface area (Å²) in [5.41, 5.74) is 1.26. The van der Waals surface area contributed by atoms with E-state index >= 15 is 0 Å². The Morgan fingerprint density at radius 1 is 1.28 bits per heavy atom. The summed E-state index contributed by atoms with van der Waals surface area (Å²) in [7, 11) is 0. The van der Waals surface area contributed by atoms with Gasteiger partial charge in [-0.05, 0) is 62.2 Å². The normalized spacial score (nSPS) is 38.8. The summed E-state index contributed by atoms with van der Waals surface area (Å²) >= 11 is 1.30. The zero-order valence-electron chi connectivity index (χ0n) is 15.3. The van der Waals surface area contributed by atoms with Crippen molar-refractivity contribution in [2.75, 3.05) is 5.75 Å². The highest BCUT2D eigenvalue weighted by molar-refractivity contribution is 7.99. The first-order chi connectivity index (χ1) is 11.7. The van der Waals surface area contributed by atoms with E-state index in [1.54, 1.807) is 6.92 Å². The SMILES string of the molecule is Cc1cc(=O)[nH]c(SCC(=O)NC23CC4CC(C)(CC(C)(C4)C2)C3)n1. The number of amides is 1. The van der Waals surface area contributed by atoms with Gasteiger partial charge in [-0.3, -0.25) is 9.59 Å². The van der Waals surface area contributed by atoms with E-state index in [1.165, 1.54) is 37.1 Å². The van der Waals surface area contributed by atoms with Crippen LogP contribution in [-0.4, -0.2) is 27.2 Å². The molecule has 136 valence electrons. The Balaban J connectivity index is 1.43. The maximum absolute atomic E-state index is 12.6. The standard InChI is InChI=1S/C19H27N3O2S/c1-12-4-14(23)21-16(20-12)25-8-15(24)22-19-7-13-5-17(2,10-19)9-18(3,6-13)11-19/h4,13H,5-11H2,1-3H3,(H,22,24)(H,20,21,23). The molecular weight excluding hydrogens is 334 g/mol. The Kier molecular flexibility index (Phi) is 3.84. The van der Waals surface area contributed by atoms with Crippen LogP contribution in [0.4, 0.5) is 0 Å². The van der Waals surface area contributed by atoms with E-state index in [1.807, 2.05) is 0 Å². The fourth-order valence-electron chi connectivity index (χ4n) is 6.67. The lowest BCUT2D eigenvalue weighted by Crippen LogP contribution is -2.65. The smallest absolute Gasteiger partial charge is 0.251 e. The van der Waals surface area contributed by atoms with Gasteiger partial charge in [-0.1, -0.05) is 25.6 Å². The molecule has 0 aliphatic heterocycles. The lowest BCUT2D eigenvalue weighted by atomic mass is 9.43. The zero-order chi connectivity index (χ0) is 17.9. The van der Waals surface area contributed by atoms with Crippen LogP contribution in [0.1, 0.15) is 58.1 Å². The van der Waals surface area contributed by atoms with Crippen molar-refractivity contribution in [2.24, 2.45) is 16.7 Å². The average Bonchev–Trinajstić information content (AvgIpc) is 2.39. The van der Waals surface area contributed by atoms with Gasteiger partial charge in [0, 0.05) is 17.3 Å². The molecule has 2 N–H and O–H groups in total. The fraction of sp³-hybridized carbons (Fsp3) is 0.737. The topological polar surface area (TPSA) is 74.8 Å². The average molecular weight is 362 g/mol. The van der Waals surface area contributed by atoms with Crippen LogP contribution in [0.15, 0.2) is 16.0 Å². The largest absolute Gasteiger partial charge is 0.350 e. The molecule has 1 amide bonds. The first-order valence-electron chi connectivity index (χ1n) is 9.19. The first kappa shape index (κ1) is 17.1. The fourth-order valence-corrected chi connectivity index (χ4v) is 7.39. The van der Waals surface area contributed by atoms with Gasteiger partial charge in [0.1, 0.15) is 0 Å². The predicted molar refractivity (Wildman–Crippen MR) is 98.6 cm³/mol. The highest BCUT2D eigenvalue weighted by atomic mass is 32.2. The summed E-state index contributed by atoms with van der Waals surface area (Å²) in [5, 5.41) is 3.91. The molecule has 6 heteroatoms. The van der Waals surface area contributed by atoms with Crippen LogP contribution < -0.4 is 10.9 Å². The molecule has 25 heavy (non-hydrogen) atoms. The second-order valence-electron chi connectivity index (χ2n) is 9.44. The van der Waals surface area contributed by atoms with Crippen molar-refractivity contribution in [3.63, 3.8) is 0 Å². The van der Waals surface area contributed by atoms with E-state index in [4.69, 9.17) is 0 Å². The molecule has 5 rings (SSSR count). The van der Waals surface area contributed by atoms with E-state index in [0.717, 1.165) is 25.2 Å². The number of carbonyl (C=O) groups is 1. The molecule has 1 heterocycles. The van der Waals surface area contributed by atoms with Crippen LogP contribution in [0.5, 0.6) is 0 Å². The van der Waals surface area contributed by atoms with E-state index in [0.29, 0.717) is 27.4 Å². The van der Waals surface area contributed by atoms with Crippen LogP contribution in [-0.2, 0) is 4.79 Å². The van der Waals surface area contributed by atoms with Crippen molar-refractivity contribution < 1.29 is 4.79 Å². The Hall–Kier alpha value is -1.30. The summed E-state index contributed by atoms with van der Waals surface area (Å²) in [6.07, 6.45) is 7.31. The predicted octanol–water partition coefficient (Wildman–Crippen LogP) is 3.04. The van der Waals surface area contributed by atoms with Gasteiger partial charge >= 0.3 is 0 Å². The van der Waals surface area contributed by atoms with Gasteiger partial charge < -0.3 is 10.3 Å². The number of H-pyrrole nitrogens is 1. The second-order valence-corrected chi connectivity index (χ2v) is 10.4. The van der Waals surface area contributed by atoms with Crippen molar-refractivity contribution >= 4 is 17.7 Å². The van der Waals surface area contributed by atoms with Gasteiger partial charge in [0.2, 0.25) is 5.91 Å². The number of aryl methyl sites for hydroxylation is 1. The summed E-state index contributed by atoms with van der Waals surface area (Å²) < 4.78 is 0. The Labute approximate surface area is 152 Å². The molecule has 4 saturated carbocycles. The minimum atomic E-state index is -0.169. The van der Waals surface area contributed by atoms with Gasteiger partial charge in [0.15, 0.2) is 5.16 Å². The monoisotopic (exact) mass is 361 g/mol. The Morgan fingerprint density at radius 3 is 2.56 bits per heavy atom. The summed E-state index contributed by atoms with van der Waals surface area (Å²) in [4.78, 5) is 31.1. The van der Waals surface area contributed by atoms with Crippen LogP contribution >= 0.6 is 11.8 Å². The first-order valence-corrected chi connectivity index (χ1v) is 10.2. The molecule has 2 unspecified atom stereocenters.